The molecule has 0 aliphatic heterocycles. The first-order chi connectivity index (χ1) is 9.68. The first kappa shape index (κ1) is 16.0. The Kier molecular flexibility index (Phi) is 4.13. The summed E-state index contributed by atoms with van der Waals surface area (Å²) in [6.07, 6.45) is 1.68. The third-order valence-corrected chi connectivity index (χ3v) is 4.32. The summed E-state index contributed by atoms with van der Waals surface area (Å²) < 4.78 is 10.6. The molecule has 0 spiro atoms. The molecule has 0 N–H and O–H groups in total. The van der Waals surface area contributed by atoms with Crippen LogP contribution in [0.5, 0.6) is 0 Å². The number of rotatable bonds is 3. The van der Waals surface area contributed by atoms with Gasteiger partial charge in [0.2, 0.25) is 0 Å². The molecule has 2 aliphatic rings. The van der Waals surface area contributed by atoms with Crippen molar-refractivity contribution in [2.45, 2.75) is 59.0 Å². The Bertz CT molecular complexity index is 444. The smallest absolute Gasteiger partial charge is 0.324 e. The van der Waals surface area contributed by atoms with E-state index in [-0.39, 0.29) is 24.2 Å². The molecule has 0 heterocycles. The average Bonchev–Trinajstić information content (AvgIpc) is 2.81. The second-order valence-corrected chi connectivity index (χ2v) is 7.18. The largest absolute Gasteiger partial charge is 0.465 e. The van der Waals surface area contributed by atoms with Crippen LogP contribution >= 0.6 is 0 Å². The van der Waals surface area contributed by atoms with Crippen LogP contribution in [0.4, 0.5) is 0 Å². The molecule has 2 rings (SSSR count). The number of Topliss-reactive ketones (excluding diaryl/α,β-unsaturated/α-hetero) is 1. The van der Waals surface area contributed by atoms with Gasteiger partial charge in [-0.2, -0.15) is 0 Å². The van der Waals surface area contributed by atoms with E-state index in [0.29, 0.717) is 25.7 Å². The van der Waals surface area contributed by atoms with Crippen molar-refractivity contribution in [1.29, 1.82) is 0 Å². The SMILES string of the molecule is CCOC(=O)C1(C(=O)OC(C)(C)C)C[C@H]2CC(=O)C[C@H]2C1. The van der Waals surface area contributed by atoms with Crippen LogP contribution in [0.1, 0.15) is 53.4 Å². The fourth-order valence-electron chi connectivity index (χ4n) is 3.52. The minimum atomic E-state index is -1.22. The molecule has 1 unspecified atom stereocenters. The highest BCUT2D eigenvalue weighted by Crippen LogP contribution is 2.53. The maximum Gasteiger partial charge on any atom is 0.324 e. The van der Waals surface area contributed by atoms with Gasteiger partial charge < -0.3 is 9.47 Å². The van der Waals surface area contributed by atoms with Gasteiger partial charge in [-0.15, -0.1) is 0 Å². The monoisotopic (exact) mass is 296 g/mol. The van der Waals surface area contributed by atoms with Crippen molar-refractivity contribution in [1.82, 2.24) is 0 Å². The molecule has 2 saturated carbocycles. The molecule has 0 aromatic rings. The van der Waals surface area contributed by atoms with Gasteiger partial charge in [0.15, 0.2) is 5.41 Å². The second-order valence-electron chi connectivity index (χ2n) is 7.18. The molecule has 0 aromatic heterocycles. The number of fused-ring (bicyclic) bond motifs is 1. The molecule has 0 bridgehead atoms. The normalized spacial score (nSPS) is 31.9. The van der Waals surface area contributed by atoms with Gasteiger partial charge in [0.05, 0.1) is 6.61 Å². The van der Waals surface area contributed by atoms with Gasteiger partial charge >= 0.3 is 11.9 Å². The van der Waals surface area contributed by atoms with E-state index in [9.17, 15) is 14.4 Å². The van der Waals surface area contributed by atoms with E-state index in [1.807, 2.05) is 0 Å². The van der Waals surface area contributed by atoms with Crippen molar-refractivity contribution in [3.63, 3.8) is 0 Å². The van der Waals surface area contributed by atoms with Gasteiger partial charge in [-0.1, -0.05) is 0 Å². The molecule has 5 heteroatoms. The van der Waals surface area contributed by atoms with Crippen LogP contribution < -0.4 is 0 Å². The minimum Gasteiger partial charge on any atom is -0.465 e. The molecule has 0 amide bonds. The van der Waals surface area contributed by atoms with E-state index in [4.69, 9.17) is 9.47 Å². The summed E-state index contributed by atoms with van der Waals surface area (Å²) in [7, 11) is 0. The lowest BCUT2D eigenvalue weighted by Crippen LogP contribution is -2.43. The molecule has 0 radical (unpaired) electrons. The molecular weight excluding hydrogens is 272 g/mol. The zero-order chi connectivity index (χ0) is 15.8. The van der Waals surface area contributed by atoms with E-state index in [1.54, 1.807) is 27.7 Å². The van der Waals surface area contributed by atoms with Crippen LogP contribution in [0, 0.1) is 17.3 Å². The molecule has 3 atom stereocenters. The zero-order valence-electron chi connectivity index (χ0n) is 13.2. The Morgan fingerprint density at radius 2 is 1.67 bits per heavy atom. The Morgan fingerprint density at radius 1 is 1.14 bits per heavy atom. The highest BCUT2D eigenvalue weighted by Gasteiger charge is 2.60. The first-order valence-electron chi connectivity index (χ1n) is 7.60. The average molecular weight is 296 g/mol. The lowest BCUT2D eigenvalue weighted by Gasteiger charge is -2.30. The van der Waals surface area contributed by atoms with E-state index >= 15 is 0 Å². The van der Waals surface area contributed by atoms with Crippen LogP contribution in [-0.4, -0.2) is 29.9 Å². The third-order valence-electron chi connectivity index (χ3n) is 4.32. The molecule has 2 fully saturated rings. The Hall–Kier alpha value is -1.39. The van der Waals surface area contributed by atoms with Crippen molar-refractivity contribution in [2.24, 2.45) is 17.3 Å². The Labute approximate surface area is 125 Å². The van der Waals surface area contributed by atoms with Crippen LogP contribution in [-0.2, 0) is 23.9 Å². The minimum absolute atomic E-state index is 0.106. The highest BCUT2D eigenvalue weighted by atomic mass is 16.6. The van der Waals surface area contributed by atoms with Gasteiger partial charge in [0, 0.05) is 12.8 Å². The van der Waals surface area contributed by atoms with Gasteiger partial charge in [0.1, 0.15) is 11.4 Å². The van der Waals surface area contributed by atoms with Crippen LogP contribution in [0.25, 0.3) is 0 Å². The van der Waals surface area contributed by atoms with Gasteiger partial charge in [-0.3, -0.25) is 14.4 Å². The van der Waals surface area contributed by atoms with E-state index in [2.05, 4.69) is 0 Å². The Morgan fingerprint density at radius 3 is 2.10 bits per heavy atom. The fraction of sp³-hybridized carbons (Fsp3) is 0.812. The summed E-state index contributed by atoms with van der Waals surface area (Å²) >= 11 is 0. The topological polar surface area (TPSA) is 69.7 Å². The van der Waals surface area contributed by atoms with Crippen LogP contribution in [0.2, 0.25) is 0 Å². The molecule has 2 aliphatic carbocycles. The van der Waals surface area contributed by atoms with E-state index in [0.717, 1.165) is 0 Å². The summed E-state index contributed by atoms with van der Waals surface area (Å²) in [6, 6.07) is 0. The number of ketones is 1. The van der Waals surface area contributed by atoms with Crippen molar-refractivity contribution >= 4 is 17.7 Å². The molecule has 0 saturated heterocycles. The Balaban J connectivity index is 2.23. The first-order valence-corrected chi connectivity index (χ1v) is 7.60. The zero-order valence-corrected chi connectivity index (χ0v) is 13.2. The lowest BCUT2D eigenvalue weighted by molar-refractivity contribution is -0.179. The van der Waals surface area contributed by atoms with Gasteiger partial charge in [-0.25, -0.2) is 0 Å². The molecular formula is C16H24O5. The molecule has 0 aromatic carbocycles. The fourth-order valence-corrected chi connectivity index (χ4v) is 3.52. The molecule has 118 valence electrons. The number of hydrogen-bond donors (Lipinski definition) is 0. The van der Waals surface area contributed by atoms with Crippen molar-refractivity contribution < 1.29 is 23.9 Å². The predicted octanol–water partition coefficient (Wildman–Crippen LogP) is 2.27. The summed E-state index contributed by atoms with van der Waals surface area (Å²) in [5.74, 6) is -0.563. The summed E-state index contributed by atoms with van der Waals surface area (Å²) in [6.45, 7) is 7.30. The van der Waals surface area contributed by atoms with Crippen molar-refractivity contribution in [3.05, 3.63) is 0 Å². The van der Waals surface area contributed by atoms with E-state index < -0.39 is 23.0 Å². The summed E-state index contributed by atoms with van der Waals surface area (Å²) in [5.41, 5.74) is -1.87. The highest BCUT2D eigenvalue weighted by molar-refractivity contribution is 6.01. The summed E-state index contributed by atoms with van der Waals surface area (Å²) in [5, 5.41) is 0. The predicted molar refractivity (Wildman–Crippen MR) is 75.4 cm³/mol. The van der Waals surface area contributed by atoms with Gasteiger partial charge in [0.25, 0.3) is 0 Å². The summed E-state index contributed by atoms with van der Waals surface area (Å²) in [4.78, 5) is 36.5. The quantitative estimate of drug-likeness (QED) is 0.590. The number of carbonyl (C=O) groups excluding carboxylic acids is 3. The number of carbonyl (C=O) groups is 3. The second kappa shape index (κ2) is 5.43. The number of ether oxygens (including phenoxy) is 2. The van der Waals surface area contributed by atoms with Crippen LogP contribution in [0.3, 0.4) is 0 Å². The molecule has 5 nitrogen and oxygen atoms in total. The van der Waals surface area contributed by atoms with Crippen molar-refractivity contribution in [3.8, 4) is 0 Å². The van der Waals surface area contributed by atoms with Crippen LogP contribution in [0.15, 0.2) is 0 Å². The van der Waals surface area contributed by atoms with Crippen molar-refractivity contribution in [2.75, 3.05) is 6.61 Å². The lowest BCUT2D eigenvalue weighted by atomic mass is 9.83. The number of esters is 2. The standard InChI is InChI=1S/C16H24O5/c1-5-20-13(18)16(14(19)21-15(2,3)4)8-10-6-12(17)7-11(10)9-16/h10-11H,5-9H2,1-4H3/t10-,11+,16?. The van der Waals surface area contributed by atoms with E-state index in [1.165, 1.54) is 0 Å². The maximum atomic E-state index is 12.6. The number of hydrogen-bond acceptors (Lipinski definition) is 5. The van der Waals surface area contributed by atoms with Gasteiger partial charge in [-0.05, 0) is 52.4 Å². The molecule has 21 heavy (non-hydrogen) atoms. The maximum absolute atomic E-state index is 12.6. The third kappa shape index (κ3) is 3.11.